The third-order valence-corrected chi connectivity index (χ3v) is 3.93. The minimum atomic E-state index is 0.636. The highest BCUT2D eigenvalue weighted by atomic mass is 15.2. The highest BCUT2D eigenvalue weighted by molar-refractivity contribution is 5.79. The number of aromatic nitrogens is 2. The number of likely N-dealkylation sites (N-methyl/N-ethyl adjacent to an activating group) is 1. The molecule has 0 saturated carbocycles. The van der Waals surface area contributed by atoms with E-state index in [0.29, 0.717) is 12.6 Å². The van der Waals surface area contributed by atoms with Gasteiger partial charge in [0.05, 0.1) is 12.7 Å². The quantitative estimate of drug-likeness (QED) is 0.606. The molecule has 118 valence electrons. The molecule has 21 heavy (non-hydrogen) atoms. The Kier molecular flexibility index (Phi) is 6.04. The molecule has 1 saturated heterocycles. The fourth-order valence-corrected chi connectivity index (χ4v) is 2.82. The molecule has 2 N–H and O–H groups in total. The fraction of sp³-hybridized carbons (Fsp3) is 0.733. The van der Waals surface area contributed by atoms with E-state index in [1.54, 1.807) is 0 Å². The van der Waals surface area contributed by atoms with Gasteiger partial charge in [0.1, 0.15) is 0 Å². The molecule has 6 nitrogen and oxygen atoms in total. The maximum atomic E-state index is 4.63. The van der Waals surface area contributed by atoms with E-state index in [2.05, 4.69) is 39.5 Å². The van der Waals surface area contributed by atoms with Crippen molar-refractivity contribution in [3.63, 3.8) is 0 Å². The molecule has 2 rings (SSSR count). The molecule has 2 heterocycles. The van der Waals surface area contributed by atoms with Crippen LogP contribution in [0.2, 0.25) is 0 Å². The van der Waals surface area contributed by atoms with Crippen molar-refractivity contribution >= 4 is 5.96 Å². The van der Waals surface area contributed by atoms with Crippen molar-refractivity contribution in [1.82, 2.24) is 25.3 Å². The predicted octanol–water partition coefficient (Wildman–Crippen LogP) is 0.960. The predicted molar refractivity (Wildman–Crippen MR) is 86.3 cm³/mol. The molecule has 0 aliphatic carbocycles. The van der Waals surface area contributed by atoms with Crippen LogP contribution in [0, 0.1) is 0 Å². The Balaban J connectivity index is 1.86. The molecule has 1 aliphatic rings. The maximum Gasteiger partial charge on any atom is 0.191 e. The minimum absolute atomic E-state index is 0.636. The van der Waals surface area contributed by atoms with E-state index < -0.39 is 0 Å². The molecule has 0 bridgehead atoms. The third-order valence-electron chi connectivity index (χ3n) is 3.93. The number of aryl methyl sites for hydroxylation is 1. The van der Waals surface area contributed by atoms with E-state index in [0.717, 1.165) is 31.2 Å². The monoisotopic (exact) mass is 292 g/mol. The van der Waals surface area contributed by atoms with Gasteiger partial charge in [0.15, 0.2) is 5.96 Å². The van der Waals surface area contributed by atoms with Crippen molar-refractivity contribution in [2.45, 2.75) is 39.3 Å². The number of hydrogen-bond acceptors (Lipinski definition) is 3. The second-order valence-corrected chi connectivity index (χ2v) is 5.52. The molecule has 1 aliphatic heterocycles. The van der Waals surface area contributed by atoms with Crippen molar-refractivity contribution in [1.29, 1.82) is 0 Å². The van der Waals surface area contributed by atoms with Crippen LogP contribution in [0.1, 0.15) is 32.3 Å². The Morgan fingerprint density at radius 3 is 2.95 bits per heavy atom. The lowest BCUT2D eigenvalue weighted by atomic mass is 10.2. The molecule has 1 fully saturated rings. The first kappa shape index (κ1) is 15.8. The molecule has 6 heteroatoms. The average Bonchev–Trinajstić information content (AvgIpc) is 3.10. The number of guanidine groups is 1. The van der Waals surface area contributed by atoms with Gasteiger partial charge in [0, 0.05) is 37.9 Å². The maximum absolute atomic E-state index is 4.63. The number of nitrogens with one attached hydrogen (secondary N) is 2. The van der Waals surface area contributed by atoms with Crippen molar-refractivity contribution in [3.8, 4) is 0 Å². The summed E-state index contributed by atoms with van der Waals surface area (Å²) < 4.78 is 1.81. The van der Waals surface area contributed by atoms with Crippen LogP contribution in [0.3, 0.4) is 0 Å². The van der Waals surface area contributed by atoms with Gasteiger partial charge >= 0.3 is 0 Å². The molecule has 0 aromatic carbocycles. The number of nitrogens with zero attached hydrogens (tertiary/aromatic N) is 4. The van der Waals surface area contributed by atoms with Gasteiger partial charge in [0.2, 0.25) is 0 Å². The average molecular weight is 292 g/mol. The fourth-order valence-electron chi connectivity index (χ4n) is 2.82. The largest absolute Gasteiger partial charge is 0.357 e. The Morgan fingerprint density at radius 1 is 1.43 bits per heavy atom. The highest BCUT2D eigenvalue weighted by Gasteiger charge is 2.22. The second kappa shape index (κ2) is 8.02. The van der Waals surface area contributed by atoms with E-state index in [-0.39, 0.29) is 0 Å². The van der Waals surface area contributed by atoms with Crippen molar-refractivity contribution in [2.24, 2.45) is 12.0 Å². The SMILES string of the molecule is CCNC(=NCc1cnn(C)c1)NCC1CCCN1CC. The Bertz CT molecular complexity index is 453. The smallest absolute Gasteiger partial charge is 0.191 e. The lowest BCUT2D eigenvalue weighted by molar-refractivity contribution is 0.267. The van der Waals surface area contributed by atoms with Gasteiger partial charge in [-0.15, -0.1) is 0 Å². The van der Waals surface area contributed by atoms with Crippen LogP contribution in [0.4, 0.5) is 0 Å². The van der Waals surface area contributed by atoms with E-state index in [9.17, 15) is 0 Å². The zero-order chi connectivity index (χ0) is 15.1. The van der Waals surface area contributed by atoms with Crippen molar-refractivity contribution < 1.29 is 0 Å². The zero-order valence-corrected chi connectivity index (χ0v) is 13.5. The van der Waals surface area contributed by atoms with E-state index in [1.807, 2.05) is 24.1 Å². The van der Waals surface area contributed by atoms with Gasteiger partial charge in [-0.3, -0.25) is 9.58 Å². The van der Waals surface area contributed by atoms with Gasteiger partial charge in [-0.2, -0.15) is 5.10 Å². The molecule has 0 spiro atoms. The van der Waals surface area contributed by atoms with Crippen LogP contribution in [0.25, 0.3) is 0 Å². The van der Waals surface area contributed by atoms with Gasteiger partial charge in [0.25, 0.3) is 0 Å². The van der Waals surface area contributed by atoms with Crippen molar-refractivity contribution in [3.05, 3.63) is 18.0 Å². The molecule has 1 aromatic heterocycles. The second-order valence-electron chi connectivity index (χ2n) is 5.52. The summed E-state index contributed by atoms with van der Waals surface area (Å²) in [6.07, 6.45) is 6.46. The van der Waals surface area contributed by atoms with E-state index >= 15 is 0 Å². The summed E-state index contributed by atoms with van der Waals surface area (Å²) in [5.41, 5.74) is 1.13. The first-order chi connectivity index (χ1) is 10.2. The number of rotatable bonds is 6. The van der Waals surface area contributed by atoms with Crippen molar-refractivity contribution in [2.75, 3.05) is 26.2 Å². The highest BCUT2D eigenvalue weighted by Crippen LogP contribution is 2.15. The number of aliphatic imine (C=N–C) groups is 1. The lowest BCUT2D eigenvalue weighted by Crippen LogP contribution is -2.44. The van der Waals surface area contributed by atoms with Gasteiger partial charge < -0.3 is 10.6 Å². The first-order valence-corrected chi connectivity index (χ1v) is 7.96. The van der Waals surface area contributed by atoms with Crippen LogP contribution in [0.15, 0.2) is 17.4 Å². The molecule has 0 amide bonds. The molecular formula is C15H28N6. The van der Waals surface area contributed by atoms with Gasteiger partial charge in [-0.1, -0.05) is 6.92 Å². The Labute approximate surface area is 127 Å². The molecule has 0 radical (unpaired) electrons. The minimum Gasteiger partial charge on any atom is -0.357 e. The number of hydrogen-bond donors (Lipinski definition) is 2. The standard InChI is InChI=1S/C15H28N6/c1-4-16-15(17-9-13-10-19-20(3)12-13)18-11-14-7-6-8-21(14)5-2/h10,12,14H,4-9,11H2,1-3H3,(H2,16,17,18). The summed E-state index contributed by atoms with van der Waals surface area (Å²) in [6, 6.07) is 0.636. The molecular weight excluding hydrogens is 264 g/mol. The third kappa shape index (κ3) is 4.74. The van der Waals surface area contributed by atoms with Gasteiger partial charge in [-0.05, 0) is 32.9 Å². The van der Waals surface area contributed by atoms with Crippen LogP contribution < -0.4 is 10.6 Å². The van der Waals surface area contributed by atoms with Crippen LogP contribution in [-0.4, -0.2) is 52.9 Å². The lowest BCUT2D eigenvalue weighted by Gasteiger charge is -2.23. The summed E-state index contributed by atoms with van der Waals surface area (Å²) in [7, 11) is 1.93. The summed E-state index contributed by atoms with van der Waals surface area (Å²) in [4.78, 5) is 7.17. The normalized spacial score (nSPS) is 20.0. The molecule has 1 atom stereocenters. The number of likely N-dealkylation sites (tertiary alicyclic amines) is 1. The van der Waals surface area contributed by atoms with Crippen LogP contribution in [0.5, 0.6) is 0 Å². The topological polar surface area (TPSA) is 57.5 Å². The van der Waals surface area contributed by atoms with E-state index in [1.165, 1.54) is 19.4 Å². The summed E-state index contributed by atoms with van der Waals surface area (Å²) in [6.45, 7) is 9.19. The molecule has 1 aromatic rings. The Morgan fingerprint density at radius 2 is 2.29 bits per heavy atom. The summed E-state index contributed by atoms with van der Waals surface area (Å²) in [5, 5.41) is 11.0. The van der Waals surface area contributed by atoms with Crippen LogP contribution >= 0.6 is 0 Å². The molecule has 1 unspecified atom stereocenters. The van der Waals surface area contributed by atoms with Crippen LogP contribution in [-0.2, 0) is 13.6 Å². The Hall–Kier alpha value is -1.56. The van der Waals surface area contributed by atoms with E-state index in [4.69, 9.17) is 0 Å². The zero-order valence-electron chi connectivity index (χ0n) is 13.5. The van der Waals surface area contributed by atoms with Gasteiger partial charge in [-0.25, -0.2) is 4.99 Å². The summed E-state index contributed by atoms with van der Waals surface area (Å²) >= 11 is 0. The summed E-state index contributed by atoms with van der Waals surface area (Å²) in [5.74, 6) is 0.893. The first-order valence-electron chi connectivity index (χ1n) is 7.96.